The zero-order valence-corrected chi connectivity index (χ0v) is 14.9. The predicted molar refractivity (Wildman–Crippen MR) is 92.3 cm³/mol. The van der Waals surface area contributed by atoms with Crippen LogP contribution in [0.3, 0.4) is 0 Å². The van der Waals surface area contributed by atoms with E-state index in [-0.39, 0.29) is 12.2 Å². The van der Waals surface area contributed by atoms with Crippen LogP contribution in [0.15, 0.2) is 24.3 Å². The number of benzene rings is 1. The highest BCUT2D eigenvalue weighted by atomic mass is 35.5. The Bertz CT molecular complexity index is 557. The normalized spacial score (nSPS) is 20.3. The Hall–Kier alpha value is -1.75. The minimum absolute atomic E-state index is 0.348. The van der Waals surface area contributed by atoms with Crippen molar-refractivity contribution in [2.24, 2.45) is 0 Å². The minimum Gasteiger partial charge on any atom is -0.455 e. The van der Waals surface area contributed by atoms with Crippen molar-refractivity contribution in [1.29, 1.82) is 0 Å². The fourth-order valence-electron chi connectivity index (χ4n) is 2.81. The van der Waals surface area contributed by atoms with Gasteiger partial charge in [-0.3, -0.25) is 0 Å². The fraction of sp³-hybridized carbons (Fsp3) is 0.556. The summed E-state index contributed by atoms with van der Waals surface area (Å²) in [6.07, 6.45) is 2.20. The second-order valence-electron chi connectivity index (χ2n) is 5.83. The summed E-state index contributed by atoms with van der Waals surface area (Å²) in [4.78, 5) is 26.1. The summed E-state index contributed by atoms with van der Waals surface area (Å²) in [5.74, 6) is -0.414. The third-order valence-electron chi connectivity index (χ3n) is 4.25. The average Bonchev–Trinajstić information content (AvgIpc) is 2.58. The third-order valence-corrected chi connectivity index (χ3v) is 4.51. The molecule has 0 N–H and O–H groups in total. The largest absolute Gasteiger partial charge is 0.455 e. The quantitative estimate of drug-likeness (QED) is 0.741. The molecule has 1 aromatic carbocycles. The first-order valence-electron chi connectivity index (χ1n) is 8.47. The van der Waals surface area contributed by atoms with E-state index in [1.54, 1.807) is 29.2 Å². The molecule has 0 saturated heterocycles. The summed E-state index contributed by atoms with van der Waals surface area (Å²) < 4.78 is 11.2. The zero-order chi connectivity index (χ0) is 17.5. The number of nitrogens with zero attached hydrogens (tertiary/aromatic N) is 1. The fourth-order valence-corrected chi connectivity index (χ4v) is 2.94. The average molecular weight is 354 g/mol. The Morgan fingerprint density at radius 2 is 1.58 bits per heavy atom. The van der Waals surface area contributed by atoms with Crippen molar-refractivity contribution in [3.8, 4) is 0 Å². The van der Waals surface area contributed by atoms with E-state index in [1.807, 2.05) is 13.8 Å². The molecular weight excluding hydrogens is 330 g/mol. The Morgan fingerprint density at radius 3 is 2.12 bits per heavy atom. The van der Waals surface area contributed by atoms with Gasteiger partial charge in [0.1, 0.15) is 12.2 Å². The van der Waals surface area contributed by atoms with Gasteiger partial charge in [-0.2, -0.15) is 0 Å². The molecule has 1 aromatic rings. The number of carbonyl (C=O) groups excluding carboxylic acids is 2. The number of esters is 1. The van der Waals surface area contributed by atoms with Gasteiger partial charge in [-0.1, -0.05) is 11.6 Å². The predicted octanol–water partition coefficient (Wildman–Crippen LogP) is 4.29. The summed E-state index contributed by atoms with van der Waals surface area (Å²) in [6, 6.07) is 6.56. The lowest BCUT2D eigenvalue weighted by Crippen LogP contribution is -2.41. The molecular formula is C18H24ClNO4. The topological polar surface area (TPSA) is 55.8 Å². The first-order chi connectivity index (χ1) is 11.5. The van der Waals surface area contributed by atoms with Gasteiger partial charge in [0.05, 0.1) is 5.56 Å². The van der Waals surface area contributed by atoms with Gasteiger partial charge in [-0.05, 0) is 63.8 Å². The molecule has 0 bridgehead atoms. The van der Waals surface area contributed by atoms with Crippen LogP contribution in [0.25, 0.3) is 0 Å². The van der Waals surface area contributed by atoms with Gasteiger partial charge in [-0.25, -0.2) is 9.59 Å². The smallest absolute Gasteiger partial charge is 0.410 e. The number of amides is 1. The summed E-state index contributed by atoms with van der Waals surface area (Å²) in [6.45, 7) is 5.00. The number of halogens is 1. The maximum Gasteiger partial charge on any atom is 0.410 e. The van der Waals surface area contributed by atoms with Crippen LogP contribution in [0.2, 0.25) is 5.02 Å². The Labute approximate surface area is 147 Å². The SMILES string of the molecule is CCN(CC)C(=O)OC1CCCCC1OC(=O)c1ccc(Cl)cc1. The van der Waals surface area contributed by atoms with Crippen molar-refractivity contribution in [2.45, 2.75) is 51.7 Å². The third kappa shape index (κ3) is 4.87. The first kappa shape index (κ1) is 18.6. The molecule has 0 aliphatic heterocycles. The number of hydrogen-bond acceptors (Lipinski definition) is 4. The molecule has 2 unspecified atom stereocenters. The van der Waals surface area contributed by atoms with Crippen LogP contribution in [0.5, 0.6) is 0 Å². The second kappa shape index (κ2) is 8.92. The summed E-state index contributed by atoms with van der Waals surface area (Å²) in [5.41, 5.74) is 0.443. The molecule has 0 radical (unpaired) electrons. The highest BCUT2D eigenvalue weighted by Gasteiger charge is 2.32. The number of hydrogen-bond donors (Lipinski definition) is 0. The lowest BCUT2D eigenvalue weighted by atomic mass is 9.94. The summed E-state index contributed by atoms with van der Waals surface area (Å²) in [5, 5.41) is 0.565. The molecule has 0 spiro atoms. The van der Waals surface area contributed by atoms with Crippen molar-refractivity contribution >= 4 is 23.7 Å². The standard InChI is InChI=1S/C18H24ClNO4/c1-3-20(4-2)18(22)24-16-8-6-5-7-15(16)23-17(21)13-9-11-14(19)12-10-13/h9-12,15-16H,3-8H2,1-2H3. The van der Waals surface area contributed by atoms with Crippen LogP contribution in [0, 0.1) is 0 Å². The van der Waals surface area contributed by atoms with Crippen LogP contribution in [0.4, 0.5) is 4.79 Å². The molecule has 1 aliphatic rings. The number of carbonyl (C=O) groups is 2. The van der Waals surface area contributed by atoms with Crippen molar-refractivity contribution < 1.29 is 19.1 Å². The van der Waals surface area contributed by atoms with Gasteiger partial charge in [0.15, 0.2) is 0 Å². The van der Waals surface area contributed by atoms with E-state index in [0.29, 0.717) is 36.5 Å². The van der Waals surface area contributed by atoms with Gasteiger partial charge in [0.2, 0.25) is 0 Å². The van der Waals surface area contributed by atoms with Crippen molar-refractivity contribution in [2.75, 3.05) is 13.1 Å². The second-order valence-corrected chi connectivity index (χ2v) is 6.27. The van der Waals surface area contributed by atoms with Gasteiger partial charge in [-0.15, -0.1) is 0 Å². The minimum atomic E-state index is -0.414. The van der Waals surface area contributed by atoms with Crippen LogP contribution in [0.1, 0.15) is 49.9 Å². The van der Waals surface area contributed by atoms with Crippen LogP contribution >= 0.6 is 11.6 Å². The molecule has 132 valence electrons. The van der Waals surface area contributed by atoms with E-state index in [9.17, 15) is 9.59 Å². The molecule has 24 heavy (non-hydrogen) atoms. The molecule has 0 aromatic heterocycles. The van der Waals surface area contributed by atoms with Crippen molar-refractivity contribution in [3.63, 3.8) is 0 Å². The van der Waals surface area contributed by atoms with Crippen molar-refractivity contribution in [3.05, 3.63) is 34.9 Å². The van der Waals surface area contributed by atoms with Crippen LogP contribution < -0.4 is 0 Å². The summed E-state index contributed by atoms with van der Waals surface area (Å²) in [7, 11) is 0. The first-order valence-corrected chi connectivity index (χ1v) is 8.85. The van der Waals surface area contributed by atoms with Crippen molar-refractivity contribution in [1.82, 2.24) is 4.90 Å². The van der Waals surface area contributed by atoms with E-state index in [4.69, 9.17) is 21.1 Å². The van der Waals surface area contributed by atoms with Gasteiger partial charge in [0.25, 0.3) is 0 Å². The van der Waals surface area contributed by atoms with Gasteiger partial charge in [0, 0.05) is 18.1 Å². The maximum atomic E-state index is 12.3. The molecule has 1 aliphatic carbocycles. The highest BCUT2D eigenvalue weighted by Crippen LogP contribution is 2.25. The number of rotatable bonds is 5. The lowest BCUT2D eigenvalue weighted by Gasteiger charge is -2.32. The highest BCUT2D eigenvalue weighted by molar-refractivity contribution is 6.30. The van der Waals surface area contributed by atoms with E-state index in [2.05, 4.69) is 0 Å². The van der Waals surface area contributed by atoms with Crippen LogP contribution in [-0.4, -0.2) is 42.3 Å². The monoisotopic (exact) mass is 353 g/mol. The van der Waals surface area contributed by atoms with E-state index >= 15 is 0 Å². The van der Waals surface area contributed by atoms with Gasteiger partial charge >= 0.3 is 12.1 Å². The molecule has 1 amide bonds. The molecule has 1 fully saturated rings. The van der Waals surface area contributed by atoms with Crippen LogP contribution in [-0.2, 0) is 9.47 Å². The molecule has 5 nitrogen and oxygen atoms in total. The lowest BCUT2D eigenvalue weighted by molar-refractivity contribution is -0.0497. The Balaban J connectivity index is 1.99. The molecule has 2 atom stereocenters. The van der Waals surface area contributed by atoms with E-state index in [1.165, 1.54) is 0 Å². The van der Waals surface area contributed by atoms with E-state index < -0.39 is 12.1 Å². The Morgan fingerprint density at radius 1 is 1.04 bits per heavy atom. The van der Waals surface area contributed by atoms with Gasteiger partial charge < -0.3 is 14.4 Å². The number of ether oxygens (including phenoxy) is 2. The zero-order valence-electron chi connectivity index (χ0n) is 14.2. The molecule has 1 saturated carbocycles. The Kier molecular flexibility index (Phi) is 6.91. The van der Waals surface area contributed by atoms with E-state index in [0.717, 1.165) is 12.8 Å². The molecule has 2 rings (SSSR count). The maximum absolute atomic E-state index is 12.3. The summed E-state index contributed by atoms with van der Waals surface area (Å²) >= 11 is 5.83. The molecule has 6 heteroatoms. The molecule has 0 heterocycles.